The minimum absolute atomic E-state index is 0.578. The molecule has 0 spiro atoms. The van der Waals surface area contributed by atoms with Crippen LogP contribution in [0.1, 0.15) is 18.4 Å². The predicted octanol–water partition coefficient (Wildman–Crippen LogP) is 1.70. The van der Waals surface area contributed by atoms with Gasteiger partial charge in [-0.15, -0.1) is 0 Å². The van der Waals surface area contributed by atoms with Crippen molar-refractivity contribution in [3.8, 4) is 0 Å². The zero-order chi connectivity index (χ0) is 12.8. The maximum atomic E-state index is 5.92. The molecule has 3 heteroatoms. The highest BCUT2D eigenvalue weighted by Gasteiger charge is 2.32. The van der Waals surface area contributed by atoms with Gasteiger partial charge in [0, 0.05) is 32.2 Å². The van der Waals surface area contributed by atoms with Crippen LogP contribution in [0.3, 0.4) is 0 Å². The maximum absolute atomic E-state index is 5.92. The molecular formula is C15H24N2O. The van der Waals surface area contributed by atoms with Crippen LogP contribution in [0.4, 0.5) is 0 Å². The van der Waals surface area contributed by atoms with Crippen LogP contribution in [-0.4, -0.2) is 44.3 Å². The van der Waals surface area contributed by atoms with Crippen LogP contribution in [0.5, 0.6) is 0 Å². The van der Waals surface area contributed by atoms with E-state index in [9.17, 15) is 0 Å². The summed E-state index contributed by atoms with van der Waals surface area (Å²) in [6.45, 7) is 7.67. The van der Waals surface area contributed by atoms with Gasteiger partial charge >= 0.3 is 0 Å². The number of ether oxygens (including phenoxy) is 1. The third kappa shape index (κ3) is 3.31. The van der Waals surface area contributed by atoms with Gasteiger partial charge in [0.05, 0.1) is 6.61 Å². The fraction of sp³-hybridized carbons (Fsp3) is 0.600. The van der Waals surface area contributed by atoms with Gasteiger partial charge in [-0.1, -0.05) is 30.3 Å². The van der Waals surface area contributed by atoms with Gasteiger partial charge in [0.2, 0.25) is 0 Å². The fourth-order valence-electron chi connectivity index (χ4n) is 2.80. The average molecular weight is 248 g/mol. The second kappa shape index (κ2) is 6.88. The van der Waals surface area contributed by atoms with Gasteiger partial charge in [-0.25, -0.2) is 0 Å². The molecule has 0 bridgehead atoms. The quantitative estimate of drug-likeness (QED) is 0.779. The Labute approximate surface area is 110 Å². The Bertz CT molecular complexity index is 342. The van der Waals surface area contributed by atoms with Crippen LogP contribution >= 0.6 is 0 Å². The van der Waals surface area contributed by atoms with Crippen molar-refractivity contribution in [3.63, 3.8) is 0 Å². The first kappa shape index (κ1) is 13.5. The molecule has 1 saturated heterocycles. The van der Waals surface area contributed by atoms with Gasteiger partial charge in [-0.2, -0.15) is 0 Å². The first-order valence-corrected chi connectivity index (χ1v) is 6.90. The monoisotopic (exact) mass is 248 g/mol. The molecule has 100 valence electrons. The summed E-state index contributed by atoms with van der Waals surface area (Å²) in [6, 6.07) is 10.7. The minimum Gasteiger partial charge on any atom is -0.380 e. The van der Waals surface area contributed by atoms with Crippen LogP contribution < -0.4 is 5.73 Å². The number of nitrogens with zero attached hydrogens (tertiary/aromatic N) is 1. The average Bonchev–Trinajstić information content (AvgIpc) is 2.83. The van der Waals surface area contributed by atoms with Gasteiger partial charge in [0.15, 0.2) is 0 Å². The second-order valence-corrected chi connectivity index (χ2v) is 4.97. The summed E-state index contributed by atoms with van der Waals surface area (Å²) in [5.41, 5.74) is 7.34. The molecule has 1 aliphatic heterocycles. The van der Waals surface area contributed by atoms with Crippen molar-refractivity contribution in [1.29, 1.82) is 0 Å². The summed E-state index contributed by atoms with van der Waals surface area (Å²) in [7, 11) is 0. The molecule has 3 nitrogen and oxygen atoms in total. The summed E-state index contributed by atoms with van der Waals surface area (Å²) in [5.74, 6) is 1.16. The van der Waals surface area contributed by atoms with Crippen molar-refractivity contribution in [1.82, 2.24) is 4.90 Å². The third-order valence-corrected chi connectivity index (χ3v) is 3.80. The number of hydrogen-bond acceptors (Lipinski definition) is 3. The predicted molar refractivity (Wildman–Crippen MR) is 74.7 cm³/mol. The topological polar surface area (TPSA) is 38.5 Å². The number of likely N-dealkylation sites (tertiary alicyclic amines) is 1. The smallest absolute Gasteiger partial charge is 0.0593 e. The van der Waals surface area contributed by atoms with E-state index in [1.807, 2.05) is 6.92 Å². The van der Waals surface area contributed by atoms with E-state index in [1.54, 1.807) is 0 Å². The van der Waals surface area contributed by atoms with Crippen molar-refractivity contribution in [3.05, 3.63) is 35.9 Å². The molecule has 18 heavy (non-hydrogen) atoms. The zero-order valence-electron chi connectivity index (χ0n) is 11.2. The van der Waals surface area contributed by atoms with Gasteiger partial charge in [0.1, 0.15) is 0 Å². The van der Waals surface area contributed by atoms with E-state index >= 15 is 0 Å². The number of hydrogen-bond donors (Lipinski definition) is 1. The maximum Gasteiger partial charge on any atom is 0.0593 e. The first-order valence-electron chi connectivity index (χ1n) is 6.90. The Hall–Kier alpha value is -0.900. The molecule has 0 radical (unpaired) electrons. The van der Waals surface area contributed by atoms with Crippen molar-refractivity contribution in [2.45, 2.75) is 12.8 Å². The van der Waals surface area contributed by atoms with Crippen LogP contribution in [-0.2, 0) is 4.74 Å². The summed E-state index contributed by atoms with van der Waals surface area (Å²) >= 11 is 0. The Kier molecular flexibility index (Phi) is 5.17. The van der Waals surface area contributed by atoms with Crippen LogP contribution in [0, 0.1) is 5.92 Å². The largest absolute Gasteiger partial charge is 0.380 e. The highest BCUT2D eigenvalue weighted by Crippen LogP contribution is 2.31. The highest BCUT2D eigenvalue weighted by atomic mass is 16.5. The molecule has 0 amide bonds. The van der Waals surface area contributed by atoms with Crippen LogP contribution in [0.2, 0.25) is 0 Å². The molecule has 1 fully saturated rings. The van der Waals surface area contributed by atoms with Gasteiger partial charge in [-0.05, 0) is 24.9 Å². The van der Waals surface area contributed by atoms with Crippen molar-refractivity contribution < 1.29 is 4.74 Å². The Morgan fingerprint density at radius 3 is 2.72 bits per heavy atom. The Morgan fingerprint density at radius 2 is 2.06 bits per heavy atom. The molecule has 2 N–H and O–H groups in total. The van der Waals surface area contributed by atoms with E-state index in [0.29, 0.717) is 11.8 Å². The highest BCUT2D eigenvalue weighted by molar-refractivity contribution is 5.22. The summed E-state index contributed by atoms with van der Waals surface area (Å²) in [4.78, 5) is 2.48. The summed E-state index contributed by atoms with van der Waals surface area (Å²) in [5, 5.41) is 0. The summed E-state index contributed by atoms with van der Waals surface area (Å²) < 4.78 is 5.43. The van der Waals surface area contributed by atoms with Gasteiger partial charge < -0.3 is 15.4 Å². The lowest BCUT2D eigenvalue weighted by Crippen LogP contribution is -2.26. The molecule has 0 aliphatic carbocycles. The van der Waals surface area contributed by atoms with E-state index in [1.165, 1.54) is 5.56 Å². The van der Waals surface area contributed by atoms with Gasteiger partial charge in [-0.3, -0.25) is 0 Å². The molecule has 0 unspecified atom stereocenters. The fourth-order valence-corrected chi connectivity index (χ4v) is 2.80. The van der Waals surface area contributed by atoms with Crippen molar-refractivity contribution in [2.75, 3.05) is 39.4 Å². The molecule has 1 aromatic carbocycles. The van der Waals surface area contributed by atoms with E-state index in [-0.39, 0.29) is 0 Å². The van der Waals surface area contributed by atoms with Crippen molar-refractivity contribution >= 4 is 0 Å². The molecule has 1 aromatic rings. The molecule has 2 atom stereocenters. The number of rotatable bonds is 6. The zero-order valence-corrected chi connectivity index (χ0v) is 11.2. The van der Waals surface area contributed by atoms with Crippen LogP contribution in [0.25, 0.3) is 0 Å². The van der Waals surface area contributed by atoms with E-state index in [4.69, 9.17) is 10.5 Å². The van der Waals surface area contributed by atoms with Gasteiger partial charge in [0.25, 0.3) is 0 Å². The normalized spacial score (nSPS) is 24.6. The molecule has 0 saturated carbocycles. The lowest BCUT2D eigenvalue weighted by atomic mass is 9.89. The van der Waals surface area contributed by atoms with Crippen molar-refractivity contribution in [2.24, 2.45) is 11.7 Å². The summed E-state index contributed by atoms with van der Waals surface area (Å²) in [6.07, 6.45) is 0. The third-order valence-electron chi connectivity index (χ3n) is 3.80. The molecule has 1 heterocycles. The first-order chi connectivity index (χ1) is 8.85. The number of nitrogens with two attached hydrogens (primary N) is 1. The number of benzene rings is 1. The Balaban J connectivity index is 1.94. The van der Waals surface area contributed by atoms with Crippen LogP contribution in [0.15, 0.2) is 30.3 Å². The molecule has 0 aromatic heterocycles. The standard InChI is InChI=1S/C15H24N2O/c1-2-18-9-8-17-11-14(10-16)15(12-17)13-6-4-3-5-7-13/h3-7,14-15H,2,8-12,16H2,1H3/t14-,15+/m1/s1. The lowest BCUT2D eigenvalue weighted by molar-refractivity contribution is 0.120. The molecular weight excluding hydrogens is 224 g/mol. The molecule has 2 rings (SSSR count). The lowest BCUT2D eigenvalue weighted by Gasteiger charge is -2.16. The SMILES string of the molecule is CCOCCN1C[C@@H](CN)[C@H](c2ccccc2)C1. The Morgan fingerprint density at radius 1 is 1.28 bits per heavy atom. The van der Waals surface area contributed by atoms with E-state index < -0.39 is 0 Å². The second-order valence-electron chi connectivity index (χ2n) is 4.97. The minimum atomic E-state index is 0.578. The van der Waals surface area contributed by atoms with E-state index in [2.05, 4.69) is 35.2 Å². The van der Waals surface area contributed by atoms with E-state index in [0.717, 1.165) is 39.4 Å². The molecule has 1 aliphatic rings.